The highest BCUT2D eigenvalue weighted by Crippen LogP contribution is 2.24. The molecule has 0 spiro atoms. The van der Waals surface area contributed by atoms with Crippen LogP contribution in [0.3, 0.4) is 0 Å². The number of aliphatic hydroxyl groups excluding tert-OH is 1. The van der Waals surface area contributed by atoms with Crippen molar-refractivity contribution in [3.8, 4) is 0 Å². The lowest BCUT2D eigenvalue weighted by atomic mass is 9.91. The van der Waals surface area contributed by atoms with Gasteiger partial charge in [-0.3, -0.25) is 4.79 Å². The van der Waals surface area contributed by atoms with Gasteiger partial charge in [-0.15, -0.1) is 0 Å². The lowest BCUT2D eigenvalue weighted by Gasteiger charge is -2.33. The van der Waals surface area contributed by atoms with Gasteiger partial charge in [0.05, 0.1) is 24.0 Å². The fraction of sp³-hybridized carbons (Fsp3) is 0.391. The number of amides is 1. The van der Waals surface area contributed by atoms with Crippen LogP contribution in [0.1, 0.15) is 35.2 Å². The second-order valence-electron chi connectivity index (χ2n) is 7.65. The molecule has 2 heterocycles. The maximum atomic E-state index is 13.0. The average molecular weight is 377 g/mol. The molecule has 0 saturated carbocycles. The number of aryl methyl sites for hydroxylation is 1. The smallest absolute Gasteiger partial charge is 0.253 e. The van der Waals surface area contributed by atoms with Crippen LogP contribution >= 0.6 is 0 Å². The van der Waals surface area contributed by atoms with Crippen molar-refractivity contribution < 1.29 is 9.90 Å². The molecule has 1 saturated heterocycles. The summed E-state index contributed by atoms with van der Waals surface area (Å²) in [6, 6.07) is 16.3. The fourth-order valence-electron chi connectivity index (χ4n) is 4.17. The zero-order chi connectivity index (χ0) is 19.3. The summed E-state index contributed by atoms with van der Waals surface area (Å²) in [7, 11) is 0. The number of carbonyl (C=O) groups excluding carboxylic acids is 1. The molecule has 4 rings (SSSR count). The minimum absolute atomic E-state index is 0.0737. The third-order valence-corrected chi connectivity index (χ3v) is 5.70. The number of fused-ring (bicyclic) bond motifs is 1. The molecule has 1 atom stereocenters. The van der Waals surface area contributed by atoms with Gasteiger partial charge in [0.15, 0.2) is 0 Å². The number of imidazole rings is 1. The van der Waals surface area contributed by atoms with Crippen LogP contribution in [0.2, 0.25) is 0 Å². The first-order valence-corrected chi connectivity index (χ1v) is 10.1. The molecule has 1 aromatic heterocycles. The number of hydrogen-bond donors (Lipinski definition) is 1. The van der Waals surface area contributed by atoms with Crippen molar-refractivity contribution in [2.45, 2.75) is 32.2 Å². The van der Waals surface area contributed by atoms with Crippen LogP contribution < -0.4 is 0 Å². The topological polar surface area (TPSA) is 58.4 Å². The second-order valence-corrected chi connectivity index (χ2v) is 7.65. The minimum atomic E-state index is 0.0737. The predicted molar refractivity (Wildman–Crippen MR) is 110 cm³/mol. The third kappa shape index (κ3) is 4.09. The van der Waals surface area contributed by atoms with E-state index in [1.54, 1.807) is 6.33 Å². The predicted octanol–water partition coefficient (Wildman–Crippen LogP) is 3.51. The van der Waals surface area contributed by atoms with Gasteiger partial charge >= 0.3 is 0 Å². The van der Waals surface area contributed by atoms with E-state index >= 15 is 0 Å². The lowest BCUT2D eigenvalue weighted by molar-refractivity contribution is 0.0668. The Morgan fingerprint density at radius 1 is 1.18 bits per heavy atom. The third-order valence-electron chi connectivity index (χ3n) is 5.70. The SMILES string of the molecule is O=C(c1ccc2c(c1)ncn2CCO)N1CCC[C@H](CCc2ccccc2)C1. The van der Waals surface area contributed by atoms with E-state index in [0.717, 1.165) is 43.4 Å². The van der Waals surface area contributed by atoms with Gasteiger partial charge in [-0.2, -0.15) is 0 Å². The highest BCUT2D eigenvalue weighted by molar-refractivity contribution is 5.97. The zero-order valence-corrected chi connectivity index (χ0v) is 16.1. The number of likely N-dealkylation sites (tertiary alicyclic amines) is 1. The van der Waals surface area contributed by atoms with E-state index in [-0.39, 0.29) is 12.5 Å². The molecule has 28 heavy (non-hydrogen) atoms. The normalized spacial score (nSPS) is 17.2. The molecule has 146 valence electrons. The van der Waals surface area contributed by atoms with Crippen LogP contribution in [0.4, 0.5) is 0 Å². The number of hydrogen-bond acceptors (Lipinski definition) is 3. The van der Waals surface area contributed by atoms with E-state index in [4.69, 9.17) is 5.11 Å². The van der Waals surface area contributed by atoms with Crippen molar-refractivity contribution in [3.05, 3.63) is 66.0 Å². The fourth-order valence-corrected chi connectivity index (χ4v) is 4.17. The maximum Gasteiger partial charge on any atom is 0.253 e. The van der Waals surface area contributed by atoms with E-state index in [0.29, 0.717) is 18.0 Å². The van der Waals surface area contributed by atoms with Crippen LogP contribution in [-0.2, 0) is 13.0 Å². The molecular formula is C23H27N3O2. The van der Waals surface area contributed by atoms with Crippen molar-refractivity contribution >= 4 is 16.9 Å². The maximum absolute atomic E-state index is 13.0. The highest BCUT2D eigenvalue weighted by Gasteiger charge is 2.24. The van der Waals surface area contributed by atoms with Crippen LogP contribution in [0, 0.1) is 5.92 Å². The van der Waals surface area contributed by atoms with E-state index in [1.165, 1.54) is 12.0 Å². The molecule has 0 radical (unpaired) electrons. The van der Waals surface area contributed by atoms with Gasteiger partial charge in [-0.1, -0.05) is 30.3 Å². The number of aliphatic hydroxyl groups is 1. The number of piperidine rings is 1. The molecule has 5 nitrogen and oxygen atoms in total. The molecule has 0 aliphatic carbocycles. The number of carbonyl (C=O) groups is 1. The van der Waals surface area contributed by atoms with Gasteiger partial charge in [0.1, 0.15) is 0 Å². The molecule has 0 unspecified atom stereocenters. The van der Waals surface area contributed by atoms with E-state index < -0.39 is 0 Å². The summed E-state index contributed by atoms with van der Waals surface area (Å²) in [6.07, 6.45) is 6.18. The minimum Gasteiger partial charge on any atom is -0.395 e. The first kappa shape index (κ1) is 18.7. The quantitative estimate of drug-likeness (QED) is 0.715. The van der Waals surface area contributed by atoms with Crippen LogP contribution in [0.15, 0.2) is 54.9 Å². The first-order chi connectivity index (χ1) is 13.7. The summed E-state index contributed by atoms with van der Waals surface area (Å²) >= 11 is 0. The van der Waals surface area contributed by atoms with Crippen molar-refractivity contribution in [3.63, 3.8) is 0 Å². The second kappa shape index (κ2) is 8.57. The summed E-state index contributed by atoms with van der Waals surface area (Å²) in [5.41, 5.74) is 3.82. The molecule has 1 aliphatic heterocycles. The number of nitrogens with zero attached hydrogens (tertiary/aromatic N) is 3. The largest absolute Gasteiger partial charge is 0.395 e. The zero-order valence-electron chi connectivity index (χ0n) is 16.1. The molecule has 1 amide bonds. The summed E-state index contributed by atoms with van der Waals surface area (Å²) < 4.78 is 1.91. The Balaban J connectivity index is 1.41. The van der Waals surface area contributed by atoms with Gasteiger partial charge in [-0.05, 0) is 55.4 Å². The lowest BCUT2D eigenvalue weighted by Crippen LogP contribution is -2.40. The number of rotatable bonds is 6. The van der Waals surface area contributed by atoms with Gasteiger partial charge in [-0.25, -0.2) is 4.98 Å². The molecule has 1 aliphatic rings. The molecule has 5 heteroatoms. The molecule has 3 aromatic rings. The standard InChI is InChI=1S/C23H27N3O2/c27-14-13-26-17-24-21-15-20(10-11-22(21)26)23(28)25-12-4-7-19(16-25)9-8-18-5-2-1-3-6-18/h1-3,5-6,10-11,15,17,19,27H,4,7-9,12-14,16H2/t19-/m1/s1. The van der Waals surface area contributed by atoms with Crippen LogP contribution in [-0.4, -0.2) is 45.2 Å². The van der Waals surface area contributed by atoms with Crippen molar-refractivity contribution in [2.24, 2.45) is 5.92 Å². The van der Waals surface area contributed by atoms with Gasteiger partial charge < -0.3 is 14.6 Å². The molecule has 0 bridgehead atoms. The molecule has 1 fully saturated rings. The molecule has 1 N–H and O–H groups in total. The number of aromatic nitrogens is 2. The van der Waals surface area contributed by atoms with Crippen molar-refractivity contribution in [2.75, 3.05) is 19.7 Å². The Bertz CT molecular complexity index is 935. The Labute approximate surface area is 165 Å². The van der Waals surface area contributed by atoms with Gasteiger partial charge in [0, 0.05) is 25.2 Å². The van der Waals surface area contributed by atoms with Crippen molar-refractivity contribution in [1.82, 2.24) is 14.5 Å². The van der Waals surface area contributed by atoms with E-state index in [9.17, 15) is 4.79 Å². The first-order valence-electron chi connectivity index (χ1n) is 10.1. The Hall–Kier alpha value is -2.66. The Kier molecular flexibility index (Phi) is 5.72. The molecular weight excluding hydrogens is 350 g/mol. The van der Waals surface area contributed by atoms with E-state index in [2.05, 4.69) is 29.2 Å². The Morgan fingerprint density at radius 3 is 2.86 bits per heavy atom. The number of benzene rings is 2. The monoisotopic (exact) mass is 377 g/mol. The van der Waals surface area contributed by atoms with Crippen molar-refractivity contribution in [1.29, 1.82) is 0 Å². The summed E-state index contributed by atoms with van der Waals surface area (Å²) in [4.78, 5) is 19.4. The van der Waals surface area contributed by atoms with Crippen LogP contribution in [0.25, 0.3) is 11.0 Å². The summed E-state index contributed by atoms with van der Waals surface area (Å²) in [5.74, 6) is 0.661. The van der Waals surface area contributed by atoms with Gasteiger partial charge in [0.2, 0.25) is 0 Å². The highest BCUT2D eigenvalue weighted by atomic mass is 16.3. The average Bonchev–Trinajstić information content (AvgIpc) is 3.15. The van der Waals surface area contributed by atoms with Gasteiger partial charge in [0.25, 0.3) is 5.91 Å². The van der Waals surface area contributed by atoms with E-state index in [1.807, 2.05) is 33.7 Å². The van der Waals surface area contributed by atoms with Crippen LogP contribution in [0.5, 0.6) is 0 Å². The Morgan fingerprint density at radius 2 is 2.04 bits per heavy atom. The summed E-state index contributed by atoms with van der Waals surface area (Å²) in [6.45, 7) is 2.25. The molecule has 2 aromatic carbocycles. The summed E-state index contributed by atoms with van der Waals surface area (Å²) in [5, 5.41) is 9.14.